The summed E-state index contributed by atoms with van der Waals surface area (Å²) in [4.78, 5) is 15.4. The van der Waals surface area contributed by atoms with E-state index in [2.05, 4.69) is 22.8 Å². The Kier molecular flexibility index (Phi) is 4.97. The van der Waals surface area contributed by atoms with Crippen LogP contribution < -0.4 is 5.32 Å². The molecule has 2 fully saturated rings. The number of nitrogens with zero attached hydrogens (tertiary/aromatic N) is 1. The molecular weight excluding hydrogens is 308 g/mol. The van der Waals surface area contributed by atoms with Crippen LogP contribution in [0.25, 0.3) is 0 Å². The van der Waals surface area contributed by atoms with Crippen LogP contribution in [0.1, 0.15) is 51.0 Å². The van der Waals surface area contributed by atoms with Gasteiger partial charge >= 0.3 is 6.09 Å². The second-order valence-electron chi connectivity index (χ2n) is 7.82. The summed E-state index contributed by atoms with van der Waals surface area (Å²) < 4.78 is 5.47. The van der Waals surface area contributed by atoms with Gasteiger partial charge in [-0.3, -0.25) is 0 Å². The molecule has 0 bridgehead atoms. The van der Waals surface area contributed by atoms with Crippen molar-refractivity contribution in [2.24, 2.45) is 11.8 Å². The number of ether oxygens (including phenoxy) is 1. The highest BCUT2D eigenvalue weighted by molar-refractivity contribution is 7.10. The van der Waals surface area contributed by atoms with Gasteiger partial charge in [-0.15, -0.1) is 11.3 Å². The normalized spacial score (nSPS) is 23.1. The molecule has 23 heavy (non-hydrogen) atoms. The number of carbonyl (C=O) groups is 1. The van der Waals surface area contributed by atoms with Crippen molar-refractivity contribution in [2.75, 3.05) is 19.6 Å². The van der Waals surface area contributed by atoms with Gasteiger partial charge in [-0.25, -0.2) is 4.79 Å². The molecule has 0 radical (unpaired) electrons. The van der Waals surface area contributed by atoms with Gasteiger partial charge in [-0.2, -0.15) is 0 Å². The Morgan fingerprint density at radius 1 is 1.43 bits per heavy atom. The summed E-state index contributed by atoms with van der Waals surface area (Å²) in [5.41, 5.74) is -0.413. The first-order chi connectivity index (χ1) is 10.9. The second-order valence-corrected chi connectivity index (χ2v) is 8.80. The van der Waals surface area contributed by atoms with Crippen LogP contribution >= 0.6 is 11.3 Å². The highest BCUT2D eigenvalue weighted by atomic mass is 32.1. The maximum Gasteiger partial charge on any atom is 0.410 e. The van der Waals surface area contributed by atoms with E-state index in [9.17, 15) is 4.79 Å². The fourth-order valence-corrected chi connectivity index (χ4v) is 4.08. The first-order valence-electron chi connectivity index (χ1n) is 8.67. The maximum atomic E-state index is 12.1. The molecule has 1 N–H and O–H groups in total. The summed E-state index contributed by atoms with van der Waals surface area (Å²) in [6.07, 6.45) is 3.57. The number of hydrogen-bond acceptors (Lipinski definition) is 4. The molecule has 2 heterocycles. The number of hydrogen-bond donors (Lipinski definition) is 1. The standard InChI is InChI=1S/C18H28N2O2S/c1-18(2,3)22-17(21)20-9-8-13(12-20)11-19-16(14-6-7-14)15-5-4-10-23-15/h4-5,10,13-14,16,19H,6-9,11-12H2,1-3H3. The van der Waals surface area contributed by atoms with E-state index >= 15 is 0 Å². The molecule has 3 rings (SSSR count). The lowest BCUT2D eigenvalue weighted by Gasteiger charge is -2.24. The fourth-order valence-electron chi connectivity index (χ4n) is 3.18. The maximum absolute atomic E-state index is 12.1. The molecule has 1 aliphatic heterocycles. The number of nitrogens with one attached hydrogen (secondary N) is 1. The summed E-state index contributed by atoms with van der Waals surface area (Å²) in [5.74, 6) is 1.33. The number of rotatable bonds is 5. The van der Waals surface area contributed by atoms with Crippen molar-refractivity contribution in [2.45, 2.75) is 51.7 Å². The lowest BCUT2D eigenvalue weighted by Crippen LogP contribution is -2.36. The van der Waals surface area contributed by atoms with Crippen LogP contribution in [0.5, 0.6) is 0 Å². The predicted octanol–water partition coefficient (Wildman–Crippen LogP) is 4.05. The number of carbonyl (C=O) groups excluding carboxylic acids is 1. The van der Waals surface area contributed by atoms with Crippen molar-refractivity contribution in [1.82, 2.24) is 10.2 Å². The summed E-state index contributed by atoms with van der Waals surface area (Å²) in [6, 6.07) is 4.88. The van der Waals surface area contributed by atoms with Crippen LogP contribution in [-0.4, -0.2) is 36.2 Å². The Morgan fingerprint density at radius 2 is 2.22 bits per heavy atom. The van der Waals surface area contributed by atoms with Crippen molar-refractivity contribution in [3.05, 3.63) is 22.4 Å². The third kappa shape index (κ3) is 4.70. The molecule has 1 aromatic rings. The zero-order chi connectivity index (χ0) is 16.4. The van der Waals surface area contributed by atoms with Crippen molar-refractivity contribution >= 4 is 17.4 Å². The largest absolute Gasteiger partial charge is 0.444 e. The third-order valence-electron chi connectivity index (χ3n) is 4.51. The van der Waals surface area contributed by atoms with Gasteiger partial charge in [-0.05, 0) is 63.3 Å². The Balaban J connectivity index is 1.47. The van der Waals surface area contributed by atoms with Gasteiger partial charge in [-0.1, -0.05) is 6.07 Å². The Bertz CT molecular complexity index is 520. The van der Waals surface area contributed by atoms with E-state index in [-0.39, 0.29) is 6.09 Å². The van der Waals surface area contributed by atoms with E-state index in [1.54, 1.807) is 0 Å². The van der Waals surface area contributed by atoms with E-state index in [0.717, 1.165) is 32.0 Å². The number of amides is 1. The molecule has 1 aromatic heterocycles. The van der Waals surface area contributed by atoms with E-state index in [1.165, 1.54) is 17.7 Å². The summed E-state index contributed by atoms with van der Waals surface area (Å²) in [5, 5.41) is 5.92. The first kappa shape index (κ1) is 16.8. The van der Waals surface area contributed by atoms with Gasteiger partial charge in [0.25, 0.3) is 0 Å². The fraction of sp³-hybridized carbons (Fsp3) is 0.722. The average molecular weight is 337 g/mol. The number of thiophene rings is 1. The van der Waals surface area contributed by atoms with Gasteiger partial charge in [0.2, 0.25) is 0 Å². The molecule has 1 saturated carbocycles. The minimum absolute atomic E-state index is 0.169. The number of likely N-dealkylation sites (tertiary alicyclic amines) is 1. The molecule has 2 aliphatic rings. The topological polar surface area (TPSA) is 41.6 Å². The van der Waals surface area contributed by atoms with Crippen LogP contribution in [0.3, 0.4) is 0 Å². The lowest BCUT2D eigenvalue weighted by molar-refractivity contribution is 0.0288. The van der Waals surface area contributed by atoms with Gasteiger partial charge in [0, 0.05) is 30.6 Å². The average Bonchev–Trinajstić information content (AvgIpc) is 2.98. The minimum Gasteiger partial charge on any atom is -0.444 e. The van der Waals surface area contributed by atoms with Crippen LogP contribution in [0.15, 0.2) is 17.5 Å². The SMILES string of the molecule is CC(C)(C)OC(=O)N1CCC(CNC(c2cccs2)C2CC2)C1. The molecule has 0 spiro atoms. The van der Waals surface area contributed by atoms with Crippen molar-refractivity contribution in [3.63, 3.8) is 0 Å². The van der Waals surface area contributed by atoms with Crippen LogP contribution in [0, 0.1) is 11.8 Å². The molecule has 2 atom stereocenters. The smallest absolute Gasteiger partial charge is 0.410 e. The molecule has 1 amide bonds. The quantitative estimate of drug-likeness (QED) is 0.882. The Labute approximate surface area is 143 Å². The highest BCUT2D eigenvalue weighted by Gasteiger charge is 2.34. The third-order valence-corrected chi connectivity index (χ3v) is 5.46. The summed E-state index contributed by atoms with van der Waals surface area (Å²) in [6.45, 7) is 8.36. The Hall–Kier alpha value is -1.07. The Morgan fingerprint density at radius 3 is 2.83 bits per heavy atom. The minimum atomic E-state index is -0.413. The van der Waals surface area contributed by atoms with Crippen LogP contribution in [0.2, 0.25) is 0 Å². The van der Waals surface area contributed by atoms with E-state index in [0.29, 0.717) is 12.0 Å². The molecule has 4 nitrogen and oxygen atoms in total. The van der Waals surface area contributed by atoms with Crippen LogP contribution in [0.4, 0.5) is 4.79 Å². The van der Waals surface area contributed by atoms with E-state index in [4.69, 9.17) is 4.74 Å². The van der Waals surface area contributed by atoms with E-state index in [1.807, 2.05) is 37.0 Å². The first-order valence-corrected chi connectivity index (χ1v) is 9.55. The summed E-state index contributed by atoms with van der Waals surface area (Å²) in [7, 11) is 0. The predicted molar refractivity (Wildman–Crippen MR) is 93.7 cm³/mol. The molecule has 2 unspecified atom stereocenters. The molecule has 0 aromatic carbocycles. The molecule has 1 saturated heterocycles. The zero-order valence-electron chi connectivity index (χ0n) is 14.4. The van der Waals surface area contributed by atoms with Gasteiger partial charge in [0.05, 0.1) is 0 Å². The highest BCUT2D eigenvalue weighted by Crippen LogP contribution is 2.42. The van der Waals surface area contributed by atoms with Crippen LogP contribution in [-0.2, 0) is 4.74 Å². The van der Waals surface area contributed by atoms with Crippen molar-refractivity contribution in [3.8, 4) is 0 Å². The van der Waals surface area contributed by atoms with Gasteiger partial charge in [0.1, 0.15) is 5.60 Å². The second kappa shape index (κ2) is 6.81. The van der Waals surface area contributed by atoms with Crippen molar-refractivity contribution < 1.29 is 9.53 Å². The monoisotopic (exact) mass is 336 g/mol. The van der Waals surface area contributed by atoms with Crippen molar-refractivity contribution in [1.29, 1.82) is 0 Å². The lowest BCUT2D eigenvalue weighted by atomic mass is 10.1. The summed E-state index contributed by atoms with van der Waals surface area (Å²) >= 11 is 1.85. The molecule has 5 heteroatoms. The van der Waals surface area contributed by atoms with E-state index < -0.39 is 5.60 Å². The zero-order valence-corrected chi connectivity index (χ0v) is 15.2. The van der Waals surface area contributed by atoms with Gasteiger partial charge < -0.3 is 15.0 Å². The molecule has 1 aliphatic carbocycles. The molecule has 128 valence electrons. The molecular formula is C18H28N2O2S. The van der Waals surface area contributed by atoms with Gasteiger partial charge in [0.15, 0.2) is 0 Å².